The van der Waals surface area contributed by atoms with Crippen molar-refractivity contribution >= 4 is 40.5 Å². The van der Waals surface area contributed by atoms with Crippen LogP contribution in [0.15, 0.2) is 36.5 Å². The SMILES string of the molecule is CNc1ccnc(C(=O)Nc2cc(Cl)cc(Cl)c2)c1. The summed E-state index contributed by atoms with van der Waals surface area (Å²) in [5, 5.41) is 6.55. The fourth-order valence-corrected chi connectivity index (χ4v) is 2.06. The lowest BCUT2D eigenvalue weighted by molar-refractivity contribution is 0.102. The Balaban J connectivity index is 2.20. The molecule has 4 nitrogen and oxygen atoms in total. The average Bonchev–Trinajstić information content (AvgIpc) is 2.37. The molecule has 2 N–H and O–H groups in total. The zero-order valence-electron chi connectivity index (χ0n) is 10.1. The van der Waals surface area contributed by atoms with Gasteiger partial charge in [-0.15, -0.1) is 0 Å². The van der Waals surface area contributed by atoms with Gasteiger partial charge in [0.15, 0.2) is 0 Å². The largest absolute Gasteiger partial charge is 0.388 e. The number of rotatable bonds is 3. The number of anilines is 2. The molecule has 19 heavy (non-hydrogen) atoms. The van der Waals surface area contributed by atoms with Gasteiger partial charge in [-0.25, -0.2) is 0 Å². The van der Waals surface area contributed by atoms with Crippen LogP contribution < -0.4 is 10.6 Å². The van der Waals surface area contributed by atoms with E-state index in [1.54, 1.807) is 43.6 Å². The number of benzene rings is 1. The van der Waals surface area contributed by atoms with Gasteiger partial charge in [-0.05, 0) is 30.3 Å². The highest BCUT2D eigenvalue weighted by atomic mass is 35.5. The molecule has 0 bridgehead atoms. The topological polar surface area (TPSA) is 54.0 Å². The molecule has 0 spiro atoms. The molecule has 0 fully saturated rings. The maximum Gasteiger partial charge on any atom is 0.274 e. The van der Waals surface area contributed by atoms with E-state index in [1.165, 1.54) is 0 Å². The first-order valence-electron chi connectivity index (χ1n) is 5.50. The van der Waals surface area contributed by atoms with Crippen LogP contribution in [0.25, 0.3) is 0 Å². The number of carbonyl (C=O) groups is 1. The lowest BCUT2D eigenvalue weighted by Crippen LogP contribution is -2.13. The van der Waals surface area contributed by atoms with Crippen LogP contribution in [0.1, 0.15) is 10.5 Å². The summed E-state index contributed by atoms with van der Waals surface area (Å²) in [6.07, 6.45) is 1.56. The Morgan fingerprint density at radius 3 is 2.42 bits per heavy atom. The van der Waals surface area contributed by atoms with E-state index < -0.39 is 0 Å². The highest BCUT2D eigenvalue weighted by Crippen LogP contribution is 2.22. The van der Waals surface area contributed by atoms with Gasteiger partial charge < -0.3 is 10.6 Å². The van der Waals surface area contributed by atoms with Crippen LogP contribution in [-0.4, -0.2) is 17.9 Å². The van der Waals surface area contributed by atoms with E-state index in [2.05, 4.69) is 15.6 Å². The van der Waals surface area contributed by atoms with Crippen molar-refractivity contribution in [1.82, 2.24) is 4.98 Å². The molecular formula is C13H11Cl2N3O. The van der Waals surface area contributed by atoms with Crippen LogP contribution in [0.3, 0.4) is 0 Å². The lowest BCUT2D eigenvalue weighted by Gasteiger charge is -2.07. The van der Waals surface area contributed by atoms with E-state index in [0.717, 1.165) is 5.69 Å². The molecule has 0 radical (unpaired) electrons. The zero-order chi connectivity index (χ0) is 13.8. The number of nitrogens with zero attached hydrogens (tertiary/aromatic N) is 1. The number of hydrogen-bond acceptors (Lipinski definition) is 3. The number of hydrogen-bond donors (Lipinski definition) is 2. The van der Waals surface area contributed by atoms with E-state index in [0.29, 0.717) is 21.4 Å². The van der Waals surface area contributed by atoms with Crippen molar-refractivity contribution in [1.29, 1.82) is 0 Å². The molecule has 0 aliphatic rings. The summed E-state index contributed by atoms with van der Waals surface area (Å²) in [5.74, 6) is -0.324. The van der Waals surface area contributed by atoms with Gasteiger partial charge in [-0.1, -0.05) is 23.2 Å². The number of pyridine rings is 1. The summed E-state index contributed by atoms with van der Waals surface area (Å²) in [6.45, 7) is 0. The number of nitrogens with one attached hydrogen (secondary N) is 2. The van der Waals surface area contributed by atoms with Crippen molar-refractivity contribution < 1.29 is 4.79 Å². The molecule has 0 atom stereocenters. The summed E-state index contributed by atoms with van der Waals surface area (Å²) in [4.78, 5) is 16.0. The Morgan fingerprint density at radius 2 is 1.79 bits per heavy atom. The number of carbonyl (C=O) groups excluding carboxylic acids is 1. The van der Waals surface area contributed by atoms with Crippen molar-refractivity contribution in [3.63, 3.8) is 0 Å². The highest BCUT2D eigenvalue weighted by Gasteiger charge is 2.09. The van der Waals surface area contributed by atoms with E-state index >= 15 is 0 Å². The Bertz CT molecular complexity index is 596. The third kappa shape index (κ3) is 3.59. The van der Waals surface area contributed by atoms with Crippen molar-refractivity contribution in [3.05, 3.63) is 52.3 Å². The Hall–Kier alpha value is -1.78. The molecule has 2 aromatic rings. The number of halogens is 2. The number of amides is 1. The van der Waals surface area contributed by atoms with Crippen LogP contribution in [0.2, 0.25) is 10.0 Å². The predicted molar refractivity (Wildman–Crippen MR) is 78.2 cm³/mol. The molecule has 0 aliphatic carbocycles. The van der Waals surface area contributed by atoms with Crippen molar-refractivity contribution in [3.8, 4) is 0 Å². The van der Waals surface area contributed by atoms with Crippen molar-refractivity contribution in [2.24, 2.45) is 0 Å². The minimum atomic E-state index is -0.324. The molecule has 1 aromatic carbocycles. The van der Waals surface area contributed by atoms with Crippen LogP contribution in [0.4, 0.5) is 11.4 Å². The quantitative estimate of drug-likeness (QED) is 0.908. The van der Waals surface area contributed by atoms with Crippen LogP contribution in [-0.2, 0) is 0 Å². The van der Waals surface area contributed by atoms with Gasteiger partial charge in [0.2, 0.25) is 0 Å². The summed E-state index contributed by atoms with van der Waals surface area (Å²) in [6, 6.07) is 8.26. The maximum atomic E-state index is 12.0. The number of aromatic nitrogens is 1. The molecule has 1 aromatic heterocycles. The van der Waals surface area contributed by atoms with Gasteiger partial charge >= 0.3 is 0 Å². The fraction of sp³-hybridized carbons (Fsp3) is 0.0769. The molecule has 6 heteroatoms. The van der Waals surface area contributed by atoms with E-state index in [1.807, 2.05) is 0 Å². The Morgan fingerprint density at radius 1 is 1.11 bits per heavy atom. The van der Waals surface area contributed by atoms with E-state index in [4.69, 9.17) is 23.2 Å². The second kappa shape index (κ2) is 5.91. The standard InChI is InChI=1S/C13H11Cl2N3O/c1-16-10-2-3-17-12(7-10)13(19)18-11-5-8(14)4-9(15)6-11/h2-7H,1H3,(H,16,17)(H,18,19). The normalized spacial score (nSPS) is 10.1. The molecule has 2 rings (SSSR count). The molecule has 0 unspecified atom stereocenters. The summed E-state index contributed by atoms with van der Waals surface area (Å²) >= 11 is 11.7. The molecule has 98 valence electrons. The molecule has 1 heterocycles. The predicted octanol–water partition coefficient (Wildman–Crippen LogP) is 3.68. The van der Waals surface area contributed by atoms with Crippen LogP contribution >= 0.6 is 23.2 Å². The van der Waals surface area contributed by atoms with Crippen LogP contribution in [0, 0.1) is 0 Å². The van der Waals surface area contributed by atoms with Gasteiger partial charge in [0.05, 0.1) is 0 Å². The van der Waals surface area contributed by atoms with Gasteiger partial charge in [-0.3, -0.25) is 9.78 Å². The van der Waals surface area contributed by atoms with E-state index in [9.17, 15) is 4.79 Å². The first-order valence-corrected chi connectivity index (χ1v) is 6.25. The van der Waals surface area contributed by atoms with E-state index in [-0.39, 0.29) is 5.91 Å². The van der Waals surface area contributed by atoms with Crippen LogP contribution in [0.5, 0.6) is 0 Å². The second-order valence-electron chi connectivity index (χ2n) is 3.79. The lowest BCUT2D eigenvalue weighted by atomic mass is 10.2. The minimum absolute atomic E-state index is 0.308. The Kier molecular flexibility index (Phi) is 4.24. The average molecular weight is 296 g/mol. The minimum Gasteiger partial charge on any atom is -0.388 e. The molecule has 0 aliphatic heterocycles. The molecular weight excluding hydrogens is 285 g/mol. The van der Waals surface area contributed by atoms with Crippen molar-refractivity contribution in [2.45, 2.75) is 0 Å². The Labute approximate surface area is 120 Å². The second-order valence-corrected chi connectivity index (χ2v) is 4.66. The molecule has 0 saturated heterocycles. The molecule has 1 amide bonds. The molecule has 0 saturated carbocycles. The summed E-state index contributed by atoms with van der Waals surface area (Å²) < 4.78 is 0. The fourth-order valence-electron chi connectivity index (χ4n) is 1.53. The first-order chi connectivity index (χ1) is 9.08. The maximum absolute atomic E-state index is 12.0. The van der Waals surface area contributed by atoms with Gasteiger partial charge in [0.25, 0.3) is 5.91 Å². The van der Waals surface area contributed by atoms with Gasteiger partial charge in [0.1, 0.15) is 5.69 Å². The summed E-state index contributed by atoms with van der Waals surface area (Å²) in [7, 11) is 1.77. The van der Waals surface area contributed by atoms with Gasteiger partial charge in [-0.2, -0.15) is 0 Å². The highest BCUT2D eigenvalue weighted by molar-refractivity contribution is 6.35. The van der Waals surface area contributed by atoms with Crippen molar-refractivity contribution in [2.75, 3.05) is 17.7 Å². The summed E-state index contributed by atoms with van der Waals surface area (Å²) in [5.41, 5.74) is 1.64. The first kappa shape index (κ1) is 13.6. The smallest absolute Gasteiger partial charge is 0.274 e. The zero-order valence-corrected chi connectivity index (χ0v) is 11.6. The van der Waals surface area contributed by atoms with Gasteiger partial charge in [0, 0.05) is 34.7 Å². The monoisotopic (exact) mass is 295 g/mol. The third-order valence-corrected chi connectivity index (χ3v) is 2.84. The third-order valence-electron chi connectivity index (χ3n) is 2.40.